The van der Waals surface area contributed by atoms with Gasteiger partial charge in [-0.15, -0.1) is 11.8 Å². The number of nitrogens with one attached hydrogen (secondary N) is 3. The number of benzene rings is 1. The molecular formula is C15H21N3O3S. The van der Waals surface area contributed by atoms with E-state index in [1.54, 1.807) is 19.1 Å². The number of hydrogen-bond donors (Lipinski definition) is 3. The quantitative estimate of drug-likeness (QED) is 0.726. The third-order valence-electron chi connectivity index (χ3n) is 2.51. The lowest BCUT2D eigenvalue weighted by atomic mass is 10.3. The second-order valence-electron chi connectivity index (χ2n) is 5.08. The van der Waals surface area contributed by atoms with E-state index in [9.17, 15) is 14.4 Å². The summed E-state index contributed by atoms with van der Waals surface area (Å²) in [5, 5.41) is 7.16. The smallest absolute Gasteiger partial charge is 0.321 e. The van der Waals surface area contributed by atoms with Gasteiger partial charge >= 0.3 is 6.03 Å². The van der Waals surface area contributed by atoms with Crippen molar-refractivity contribution in [1.82, 2.24) is 10.6 Å². The first-order chi connectivity index (χ1) is 10.3. The molecule has 0 saturated carbocycles. The van der Waals surface area contributed by atoms with E-state index in [1.165, 1.54) is 18.7 Å². The van der Waals surface area contributed by atoms with Gasteiger partial charge in [0.05, 0.1) is 5.25 Å². The number of carbonyl (C=O) groups excluding carboxylic acids is 3. The molecule has 0 heterocycles. The highest BCUT2D eigenvalue weighted by molar-refractivity contribution is 8.00. The maximum absolute atomic E-state index is 11.9. The third-order valence-corrected chi connectivity index (χ3v) is 3.63. The SMILES string of the molecule is CC(=O)Nc1ccc(S[C@H](C)C(=O)NC(=O)NC(C)C)cc1. The Morgan fingerprint density at radius 1 is 1.05 bits per heavy atom. The van der Waals surface area contributed by atoms with Gasteiger partial charge in [0.25, 0.3) is 0 Å². The second kappa shape index (κ2) is 8.43. The molecule has 0 unspecified atom stereocenters. The summed E-state index contributed by atoms with van der Waals surface area (Å²) >= 11 is 1.34. The van der Waals surface area contributed by atoms with E-state index in [2.05, 4.69) is 16.0 Å². The van der Waals surface area contributed by atoms with Crippen molar-refractivity contribution in [2.45, 2.75) is 43.9 Å². The summed E-state index contributed by atoms with van der Waals surface area (Å²) < 4.78 is 0. The van der Waals surface area contributed by atoms with Gasteiger partial charge in [-0.05, 0) is 45.0 Å². The first-order valence-electron chi connectivity index (χ1n) is 6.93. The van der Waals surface area contributed by atoms with Crippen molar-refractivity contribution in [2.24, 2.45) is 0 Å². The van der Waals surface area contributed by atoms with Gasteiger partial charge in [-0.25, -0.2) is 4.79 Å². The Morgan fingerprint density at radius 3 is 2.14 bits per heavy atom. The Balaban J connectivity index is 2.53. The van der Waals surface area contributed by atoms with Crippen LogP contribution in [-0.2, 0) is 9.59 Å². The molecule has 22 heavy (non-hydrogen) atoms. The van der Waals surface area contributed by atoms with Crippen LogP contribution in [-0.4, -0.2) is 29.1 Å². The molecule has 0 aliphatic heterocycles. The van der Waals surface area contributed by atoms with Crippen molar-refractivity contribution in [3.63, 3.8) is 0 Å². The van der Waals surface area contributed by atoms with E-state index in [4.69, 9.17) is 0 Å². The fourth-order valence-corrected chi connectivity index (χ4v) is 2.46. The van der Waals surface area contributed by atoms with E-state index >= 15 is 0 Å². The van der Waals surface area contributed by atoms with Gasteiger partial charge in [-0.3, -0.25) is 14.9 Å². The number of rotatable bonds is 5. The second-order valence-corrected chi connectivity index (χ2v) is 6.50. The van der Waals surface area contributed by atoms with Gasteiger partial charge in [0.15, 0.2) is 0 Å². The van der Waals surface area contributed by atoms with E-state index in [1.807, 2.05) is 26.0 Å². The van der Waals surface area contributed by atoms with E-state index < -0.39 is 11.3 Å². The van der Waals surface area contributed by atoms with Crippen molar-refractivity contribution in [3.8, 4) is 0 Å². The van der Waals surface area contributed by atoms with Gasteiger partial charge in [-0.2, -0.15) is 0 Å². The fourth-order valence-electron chi connectivity index (χ4n) is 1.59. The van der Waals surface area contributed by atoms with E-state index in [-0.39, 0.29) is 17.9 Å². The molecule has 6 nitrogen and oxygen atoms in total. The van der Waals surface area contributed by atoms with Crippen molar-refractivity contribution in [2.75, 3.05) is 5.32 Å². The summed E-state index contributed by atoms with van der Waals surface area (Å²) in [6, 6.07) is 6.63. The molecule has 4 amide bonds. The average Bonchev–Trinajstić information content (AvgIpc) is 2.39. The third kappa shape index (κ3) is 6.62. The summed E-state index contributed by atoms with van der Waals surface area (Å²) in [4.78, 5) is 35.2. The lowest BCUT2D eigenvalue weighted by Gasteiger charge is -2.13. The molecule has 0 aliphatic rings. The lowest BCUT2D eigenvalue weighted by Crippen LogP contribution is -2.45. The molecule has 0 radical (unpaired) electrons. The molecule has 0 aliphatic carbocycles. The fraction of sp³-hybridized carbons (Fsp3) is 0.400. The highest BCUT2D eigenvalue weighted by Crippen LogP contribution is 2.24. The first-order valence-corrected chi connectivity index (χ1v) is 7.81. The van der Waals surface area contributed by atoms with Crippen LogP contribution < -0.4 is 16.0 Å². The zero-order chi connectivity index (χ0) is 16.7. The molecule has 0 saturated heterocycles. The van der Waals surface area contributed by atoms with E-state index in [0.717, 1.165) is 4.90 Å². The Kier molecular flexibility index (Phi) is 6.91. The standard InChI is InChI=1S/C15H21N3O3S/c1-9(2)16-15(21)18-14(20)10(3)22-13-7-5-12(6-8-13)17-11(4)19/h5-10H,1-4H3,(H,17,19)(H2,16,18,20,21)/t10-/m1/s1. The molecule has 0 aromatic heterocycles. The van der Waals surface area contributed by atoms with Crippen molar-refractivity contribution in [1.29, 1.82) is 0 Å². The van der Waals surface area contributed by atoms with Crippen molar-refractivity contribution >= 4 is 35.3 Å². The normalized spacial score (nSPS) is 11.7. The van der Waals surface area contributed by atoms with Crippen LogP contribution in [0.4, 0.5) is 10.5 Å². The Morgan fingerprint density at radius 2 is 1.64 bits per heavy atom. The summed E-state index contributed by atoms with van der Waals surface area (Å²) in [6.45, 7) is 6.80. The minimum atomic E-state index is -0.492. The highest BCUT2D eigenvalue weighted by atomic mass is 32.2. The Labute approximate surface area is 134 Å². The molecule has 0 bridgehead atoms. The highest BCUT2D eigenvalue weighted by Gasteiger charge is 2.17. The van der Waals surface area contributed by atoms with Crippen molar-refractivity contribution in [3.05, 3.63) is 24.3 Å². The summed E-state index contributed by atoms with van der Waals surface area (Å²) in [7, 11) is 0. The van der Waals surface area contributed by atoms with Crippen LogP contribution in [0.15, 0.2) is 29.2 Å². The molecule has 1 rings (SSSR count). The van der Waals surface area contributed by atoms with Crippen LogP contribution in [0.1, 0.15) is 27.7 Å². The molecule has 0 fully saturated rings. The number of thioether (sulfide) groups is 1. The zero-order valence-electron chi connectivity index (χ0n) is 13.1. The molecular weight excluding hydrogens is 302 g/mol. The van der Waals surface area contributed by atoms with Crippen LogP contribution in [0.3, 0.4) is 0 Å². The van der Waals surface area contributed by atoms with Crippen molar-refractivity contribution < 1.29 is 14.4 Å². The summed E-state index contributed by atoms with van der Waals surface area (Å²) in [5.74, 6) is -0.488. The monoisotopic (exact) mass is 323 g/mol. The number of amides is 4. The minimum Gasteiger partial charge on any atom is -0.336 e. The number of hydrogen-bond acceptors (Lipinski definition) is 4. The topological polar surface area (TPSA) is 87.3 Å². The maximum Gasteiger partial charge on any atom is 0.321 e. The zero-order valence-corrected chi connectivity index (χ0v) is 13.9. The molecule has 7 heteroatoms. The summed E-state index contributed by atoms with van der Waals surface area (Å²) in [6.07, 6.45) is 0. The molecule has 120 valence electrons. The average molecular weight is 323 g/mol. The molecule has 1 aromatic carbocycles. The number of imide groups is 1. The van der Waals surface area contributed by atoms with Crippen LogP contribution in [0.25, 0.3) is 0 Å². The predicted octanol–water partition coefficient (Wildman–Crippen LogP) is 2.36. The van der Waals surface area contributed by atoms with Gasteiger partial charge < -0.3 is 10.6 Å². The summed E-state index contributed by atoms with van der Waals surface area (Å²) in [5.41, 5.74) is 0.699. The van der Waals surface area contributed by atoms with Gasteiger partial charge in [-0.1, -0.05) is 0 Å². The maximum atomic E-state index is 11.9. The Hall–Kier alpha value is -2.02. The van der Waals surface area contributed by atoms with Crippen LogP contribution in [0, 0.1) is 0 Å². The van der Waals surface area contributed by atoms with Gasteiger partial charge in [0.2, 0.25) is 11.8 Å². The first kappa shape index (κ1) is 18.0. The minimum absolute atomic E-state index is 0.0305. The van der Waals surface area contributed by atoms with Gasteiger partial charge in [0.1, 0.15) is 0 Å². The van der Waals surface area contributed by atoms with Crippen LogP contribution in [0.5, 0.6) is 0 Å². The lowest BCUT2D eigenvalue weighted by molar-refractivity contribution is -0.119. The van der Waals surface area contributed by atoms with Crippen LogP contribution in [0.2, 0.25) is 0 Å². The number of anilines is 1. The molecule has 0 spiro atoms. The molecule has 1 aromatic rings. The molecule has 1 atom stereocenters. The van der Waals surface area contributed by atoms with Gasteiger partial charge in [0, 0.05) is 23.5 Å². The van der Waals surface area contributed by atoms with Crippen LogP contribution >= 0.6 is 11.8 Å². The number of urea groups is 1. The number of carbonyl (C=O) groups is 3. The largest absolute Gasteiger partial charge is 0.336 e. The predicted molar refractivity (Wildman–Crippen MR) is 87.9 cm³/mol. The molecule has 3 N–H and O–H groups in total. The Bertz CT molecular complexity index is 543. The van der Waals surface area contributed by atoms with E-state index in [0.29, 0.717) is 5.69 Å².